The summed E-state index contributed by atoms with van der Waals surface area (Å²) < 4.78 is 4.20. The molecule has 6 nitrogen and oxygen atoms in total. The van der Waals surface area contributed by atoms with E-state index in [1.165, 1.54) is 11.5 Å². The van der Waals surface area contributed by atoms with Crippen molar-refractivity contribution in [2.24, 2.45) is 0 Å². The van der Waals surface area contributed by atoms with Gasteiger partial charge in [0, 0.05) is 17.3 Å². The van der Waals surface area contributed by atoms with Crippen LogP contribution in [0.15, 0.2) is 17.6 Å². The van der Waals surface area contributed by atoms with E-state index in [0.717, 1.165) is 27.0 Å². The molecular weight excluding hydrogens is 280 g/mol. The topological polar surface area (TPSA) is 92.5 Å². The largest absolute Gasteiger partial charge is 0.382 e. The Morgan fingerprint density at radius 2 is 2.37 bits per heavy atom. The fourth-order valence-electron chi connectivity index (χ4n) is 1.66. The van der Waals surface area contributed by atoms with Crippen molar-refractivity contribution < 1.29 is 0 Å². The van der Waals surface area contributed by atoms with Crippen LogP contribution in [0.5, 0.6) is 0 Å². The van der Waals surface area contributed by atoms with Crippen molar-refractivity contribution >= 4 is 33.7 Å². The van der Waals surface area contributed by atoms with Gasteiger partial charge in [0.15, 0.2) is 0 Å². The number of aryl methyl sites for hydroxylation is 1. The number of nitrogens with one attached hydrogen (secondary N) is 2. The van der Waals surface area contributed by atoms with Crippen LogP contribution in [0.4, 0.5) is 10.8 Å². The zero-order chi connectivity index (χ0) is 13.2. The molecule has 0 aliphatic carbocycles. The van der Waals surface area contributed by atoms with Crippen molar-refractivity contribution in [3.63, 3.8) is 0 Å². The third-order valence-electron chi connectivity index (χ3n) is 2.55. The second-order valence-electron chi connectivity index (χ2n) is 4.00. The molecule has 3 rings (SSSR count). The molecule has 3 aromatic rings. The lowest BCUT2D eigenvalue weighted by Crippen LogP contribution is -1.99. The summed E-state index contributed by atoms with van der Waals surface area (Å²) >= 11 is 2.92. The molecule has 98 valence electrons. The fraction of sp³-hybridized carbons (Fsp3) is 0.182. The molecule has 3 heterocycles. The molecule has 8 heteroatoms. The highest BCUT2D eigenvalue weighted by atomic mass is 32.1. The van der Waals surface area contributed by atoms with Crippen molar-refractivity contribution in [3.05, 3.63) is 29.0 Å². The van der Waals surface area contributed by atoms with Gasteiger partial charge in [-0.25, -0.2) is 4.98 Å². The molecule has 0 atom stereocenters. The van der Waals surface area contributed by atoms with Crippen LogP contribution in [0.25, 0.3) is 10.6 Å². The van der Waals surface area contributed by atoms with Gasteiger partial charge in [0.2, 0.25) is 0 Å². The minimum Gasteiger partial charge on any atom is -0.382 e. The average molecular weight is 292 g/mol. The number of aromatic amines is 1. The summed E-state index contributed by atoms with van der Waals surface area (Å²) in [6.45, 7) is 2.62. The second-order valence-corrected chi connectivity index (χ2v) is 5.63. The van der Waals surface area contributed by atoms with Crippen molar-refractivity contribution in [2.45, 2.75) is 13.5 Å². The van der Waals surface area contributed by atoms with Crippen molar-refractivity contribution in [3.8, 4) is 10.6 Å². The standard InChI is InChI=1S/C11H12N6S2/c1-6-5-18-11(15-6)8-9(12)17-19-10(8)13-4-7-2-3-14-16-7/h2-3,5,13H,4H2,1H3,(H2,12,17)(H,14,16). The van der Waals surface area contributed by atoms with E-state index in [2.05, 4.69) is 24.9 Å². The van der Waals surface area contributed by atoms with Gasteiger partial charge in [-0.05, 0) is 24.5 Å². The highest BCUT2D eigenvalue weighted by molar-refractivity contribution is 7.15. The van der Waals surface area contributed by atoms with E-state index in [4.69, 9.17) is 5.73 Å². The lowest BCUT2D eigenvalue weighted by atomic mass is 10.3. The number of H-pyrrole nitrogens is 1. The molecule has 0 aliphatic heterocycles. The molecule has 0 bridgehead atoms. The monoisotopic (exact) mass is 292 g/mol. The van der Waals surface area contributed by atoms with E-state index in [9.17, 15) is 0 Å². The van der Waals surface area contributed by atoms with Gasteiger partial charge in [0.05, 0.1) is 17.8 Å². The van der Waals surface area contributed by atoms with E-state index >= 15 is 0 Å². The van der Waals surface area contributed by atoms with Crippen LogP contribution in [0.2, 0.25) is 0 Å². The lowest BCUT2D eigenvalue weighted by Gasteiger charge is -2.03. The Morgan fingerprint density at radius 3 is 3.05 bits per heavy atom. The Hall–Kier alpha value is -1.93. The Bertz CT molecular complexity index is 669. The molecule has 0 aliphatic rings. The first-order valence-electron chi connectivity index (χ1n) is 5.64. The number of nitrogens with two attached hydrogens (primary N) is 1. The molecule has 0 aromatic carbocycles. The molecule has 3 aromatic heterocycles. The number of rotatable bonds is 4. The summed E-state index contributed by atoms with van der Waals surface area (Å²) in [4.78, 5) is 4.46. The van der Waals surface area contributed by atoms with Gasteiger partial charge in [-0.1, -0.05) is 0 Å². The van der Waals surface area contributed by atoms with E-state index in [1.54, 1.807) is 17.5 Å². The quantitative estimate of drug-likeness (QED) is 0.687. The summed E-state index contributed by atoms with van der Waals surface area (Å²) in [5.74, 6) is 0.520. The van der Waals surface area contributed by atoms with E-state index in [0.29, 0.717) is 12.4 Å². The predicted octanol–water partition coefficient (Wildman–Crippen LogP) is 2.49. The van der Waals surface area contributed by atoms with E-state index in [-0.39, 0.29) is 0 Å². The number of anilines is 2. The molecular formula is C11H12N6S2. The normalized spacial score (nSPS) is 10.8. The maximum absolute atomic E-state index is 5.94. The Kier molecular flexibility index (Phi) is 3.18. The van der Waals surface area contributed by atoms with Gasteiger partial charge < -0.3 is 11.1 Å². The zero-order valence-corrected chi connectivity index (χ0v) is 11.8. The van der Waals surface area contributed by atoms with E-state index in [1.807, 2.05) is 18.4 Å². The number of thiazole rings is 1. The van der Waals surface area contributed by atoms with Crippen LogP contribution in [0.1, 0.15) is 11.4 Å². The lowest BCUT2D eigenvalue weighted by molar-refractivity contribution is 0.984. The Morgan fingerprint density at radius 1 is 1.47 bits per heavy atom. The van der Waals surface area contributed by atoms with Gasteiger partial charge in [0.25, 0.3) is 0 Å². The smallest absolute Gasteiger partial charge is 0.149 e. The van der Waals surface area contributed by atoms with Crippen molar-refractivity contribution in [1.82, 2.24) is 19.6 Å². The molecule has 19 heavy (non-hydrogen) atoms. The number of nitrogen functional groups attached to an aromatic ring is 1. The summed E-state index contributed by atoms with van der Waals surface area (Å²) in [6.07, 6.45) is 1.73. The van der Waals surface area contributed by atoms with Crippen molar-refractivity contribution in [2.75, 3.05) is 11.1 Å². The van der Waals surface area contributed by atoms with Gasteiger partial charge in [-0.3, -0.25) is 5.10 Å². The minimum atomic E-state index is 0.520. The molecule has 0 amide bonds. The number of aromatic nitrogens is 4. The average Bonchev–Trinajstić information content (AvgIpc) is 3.08. The van der Waals surface area contributed by atoms with Crippen LogP contribution < -0.4 is 11.1 Å². The predicted molar refractivity (Wildman–Crippen MR) is 78.3 cm³/mol. The summed E-state index contributed by atoms with van der Waals surface area (Å²) in [7, 11) is 0. The maximum Gasteiger partial charge on any atom is 0.149 e. The first-order chi connectivity index (χ1) is 9.24. The van der Waals surface area contributed by atoms with Gasteiger partial charge in [0.1, 0.15) is 15.8 Å². The number of hydrogen-bond acceptors (Lipinski definition) is 7. The van der Waals surface area contributed by atoms with Crippen LogP contribution in [-0.2, 0) is 6.54 Å². The van der Waals surface area contributed by atoms with Crippen LogP contribution in [-0.4, -0.2) is 19.6 Å². The summed E-state index contributed by atoms with van der Waals surface area (Å²) in [5, 5.41) is 14.0. The van der Waals surface area contributed by atoms with Crippen LogP contribution in [0.3, 0.4) is 0 Å². The zero-order valence-electron chi connectivity index (χ0n) is 10.2. The third-order valence-corrected chi connectivity index (χ3v) is 4.35. The molecule has 0 fully saturated rings. The molecule has 0 saturated heterocycles. The summed E-state index contributed by atoms with van der Waals surface area (Å²) in [6, 6.07) is 1.92. The van der Waals surface area contributed by atoms with Gasteiger partial charge in [-0.2, -0.15) is 9.47 Å². The molecule has 0 saturated carbocycles. The van der Waals surface area contributed by atoms with Gasteiger partial charge >= 0.3 is 0 Å². The molecule has 0 radical (unpaired) electrons. The second kappa shape index (κ2) is 4.98. The third kappa shape index (κ3) is 2.45. The first-order valence-corrected chi connectivity index (χ1v) is 7.29. The summed E-state index contributed by atoms with van der Waals surface area (Å²) in [5.41, 5.74) is 8.83. The van der Waals surface area contributed by atoms with Gasteiger partial charge in [-0.15, -0.1) is 11.3 Å². The maximum atomic E-state index is 5.94. The van der Waals surface area contributed by atoms with E-state index < -0.39 is 0 Å². The Labute approximate surface area is 117 Å². The van der Waals surface area contributed by atoms with Crippen molar-refractivity contribution in [1.29, 1.82) is 0 Å². The van der Waals surface area contributed by atoms with Crippen LogP contribution >= 0.6 is 22.9 Å². The molecule has 4 N–H and O–H groups in total. The minimum absolute atomic E-state index is 0.520. The number of hydrogen-bond donors (Lipinski definition) is 3. The highest BCUT2D eigenvalue weighted by Crippen LogP contribution is 2.38. The first kappa shape index (κ1) is 12.1. The number of nitrogens with zero attached hydrogens (tertiary/aromatic N) is 3. The Balaban J connectivity index is 1.86. The molecule has 0 spiro atoms. The fourth-order valence-corrected chi connectivity index (χ4v) is 3.29. The highest BCUT2D eigenvalue weighted by Gasteiger charge is 2.16. The van der Waals surface area contributed by atoms with Crippen LogP contribution in [0, 0.1) is 6.92 Å². The molecule has 0 unspecified atom stereocenters. The SMILES string of the molecule is Cc1csc(-c2c(N)nsc2NCc2ccn[nH]2)n1.